The van der Waals surface area contributed by atoms with E-state index in [1.807, 2.05) is 0 Å². The Labute approximate surface area is 139 Å². The molecule has 0 fully saturated rings. The van der Waals surface area contributed by atoms with E-state index in [2.05, 4.69) is 20.8 Å². The summed E-state index contributed by atoms with van der Waals surface area (Å²) in [6, 6.07) is 2.97. The van der Waals surface area contributed by atoms with Gasteiger partial charge in [-0.1, -0.05) is 23.1 Å². The van der Waals surface area contributed by atoms with Crippen molar-refractivity contribution in [1.29, 1.82) is 0 Å². The third-order valence-corrected chi connectivity index (χ3v) is 4.54. The fourth-order valence-electron chi connectivity index (χ4n) is 1.50. The van der Waals surface area contributed by atoms with E-state index in [9.17, 15) is 13.6 Å². The van der Waals surface area contributed by atoms with Crippen molar-refractivity contribution in [2.75, 3.05) is 36.6 Å². The number of amides is 1. The molecule has 0 aliphatic rings. The van der Waals surface area contributed by atoms with E-state index in [0.29, 0.717) is 28.7 Å². The number of nitrogens with zero attached hydrogens (tertiary/aromatic N) is 2. The topological polar surface area (TPSA) is 76.1 Å². The quantitative estimate of drug-likeness (QED) is 0.557. The molecule has 1 aromatic heterocycles. The van der Waals surface area contributed by atoms with Gasteiger partial charge in [0.15, 0.2) is 4.34 Å². The Hall–Kier alpha value is -1.78. The molecule has 2 aromatic rings. The summed E-state index contributed by atoms with van der Waals surface area (Å²) in [5.74, 6) is -1.88. The number of methoxy groups -OCH3 is 1. The second kappa shape index (κ2) is 8.75. The molecule has 23 heavy (non-hydrogen) atoms. The molecule has 0 saturated carbocycles. The molecular weight excluding hydrogens is 346 g/mol. The highest BCUT2D eigenvalue weighted by Gasteiger charge is 2.11. The van der Waals surface area contributed by atoms with Crippen LogP contribution >= 0.6 is 23.1 Å². The van der Waals surface area contributed by atoms with Crippen LogP contribution in [0.4, 0.5) is 19.6 Å². The van der Waals surface area contributed by atoms with Gasteiger partial charge in [-0.25, -0.2) is 8.78 Å². The summed E-state index contributed by atoms with van der Waals surface area (Å²) >= 11 is 2.49. The van der Waals surface area contributed by atoms with Gasteiger partial charge >= 0.3 is 0 Å². The number of benzene rings is 1. The van der Waals surface area contributed by atoms with Gasteiger partial charge in [-0.3, -0.25) is 4.79 Å². The second-order valence-corrected chi connectivity index (χ2v) is 6.45. The first-order valence-electron chi connectivity index (χ1n) is 6.52. The average molecular weight is 360 g/mol. The number of aromatic nitrogens is 2. The summed E-state index contributed by atoms with van der Waals surface area (Å²) in [5, 5.41) is 13.9. The van der Waals surface area contributed by atoms with Crippen LogP contribution in [-0.4, -0.2) is 42.1 Å². The first-order valence-corrected chi connectivity index (χ1v) is 8.32. The van der Waals surface area contributed by atoms with Gasteiger partial charge in [-0.15, -0.1) is 10.2 Å². The minimum absolute atomic E-state index is 0.0452. The third kappa shape index (κ3) is 5.73. The molecule has 124 valence electrons. The highest BCUT2D eigenvalue weighted by molar-refractivity contribution is 8.01. The van der Waals surface area contributed by atoms with Crippen LogP contribution in [0.2, 0.25) is 0 Å². The van der Waals surface area contributed by atoms with Crippen LogP contribution < -0.4 is 10.6 Å². The van der Waals surface area contributed by atoms with Gasteiger partial charge in [0.05, 0.1) is 18.0 Å². The minimum atomic E-state index is -0.816. The monoisotopic (exact) mass is 360 g/mol. The van der Waals surface area contributed by atoms with Gasteiger partial charge in [0, 0.05) is 19.7 Å². The van der Waals surface area contributed by atoms with E-state index < -0.39 is 17.5 Å². The van der Waals surface area contributed by atoms with Crippen LogP contribution in [0.3, 0.4) is 0 Å². The molecule has 0 unspecified atom stereocenters. The lowest BCUT2D eigenvalue weighted by Gasteiger charge is -2.05. The lowest BCUT2D eigenvalue weighted by Crippen LogP contribution is -2.15. The number of nitrogens with one attached hydrogen (secondary N) is 2. The van der Waals surface area contributed by atoms with Gasteiger partial charge in [-0.2, -0.15) is 0 Å². The zero-order valence-corrected chi connectivity index (χ0v) is 13.8. The van der Waals surface area contributed by atoms with Gasteiger partial charge in [0.25, 0.3) is 0 Å². The molecule has 10 heteroatoms. The normalized spacial score (nSPS) is 10.6. The van der Waals surface area contributed by atoms with Crippen molar-refractivity contribution in [1.82, 2.24) is 10.2 Å². The predicted octanol–water partition coefficient (Wildman–Crippen LogP) is 2.61. The fraction of sp³-hybridized carbons (Fsp3) is 0.308. The van der Waals surface area contributed by atoms with Crippen molar-refractivity contribution in [3.05, 3.63) is 29.8 Å². The third-order valence-electron chi connectivity index (χ3n) is 2.52. The summed E-state index contributed by atoms with van der Waals surface area (Å²) in [5.41, 5.74) is -0.0591. The number of thioether (sulfide) groups is 1. The number of anilines is 2. The SMILES string of the molecule is COCCNc1nnc(SCC(=O)Nc2ccc(F)cc2F)s1. The molecule has 0 aliphatic carbocycles. The lowest BCUT2D eigenvalue weighted by molar-refractivity contribution is -0.113. The van der Waals surface area contributed by atoms with Crippen molar-refractivity contribution in [2.45, 2.75) is 4.34 Å². The predicted molar refractivity (Wildman–Crippen MR) is 86.0 cm³/mol. The van der Waals surface area contributed by atoms with Crippen molar-refractivity contribution < 1.29 is 18.3 Å². The van der Waals surface area contributed by atoms with Gasteiger partial charge in [-0.05, 0) is 12.1 Å². The maximum Gasteiger partial charge on any atom is 0.234 e. The molecule has 6 nitrogen and oxygen atoms in total. The largest absolute Gasteiger partial charge is 0.383 e. The molecule has 2 rings (SSSR count). The molecule has 0 bridgehead atoms. The maximum atomic E-state index is 13.4. The van der Waals surface area contributed by atoms with Crippen LogP contribution in [0.15, 0.2) is 22.5 Å². The van der Waals surface area contributed by atoms with Gasteiger partial charge < -0.3 is 15.4 Å². The Balaban J connectivity index is 1.80. The van der Waals surface area contributed by atoms with Crippen LogP contribution in [0, 0.1) is 11.6 Å². The molecule has 0 spiro atoms. The van der Waals surface area contributed by atoms with Crippen LogP contribution in [-0.2, 0) is 9.53 Å². The number of ether oxygens (including phenoxy) is 1. The lowest BCUT2D eigenvalue weighted by atomic mass is 10.3. The molecule has 2 N–H and O–H groups in total. The van der Waals surface area contributed by atoms with Gasteiger partial charge in [0.1, 0.15) is 11.6 Å². The number of carbonyl (C=O) groups is 1. The van der Waals surface area contributed by atoms with E-state index >= 15 is 0 Å². The van der Waals surface area contributed by atoms with Crippen LogP contribution in [0.25, 0.3) is 0 Å². The van der Waals surface area contributed by atoms with E-state index in [1.54, 1.807) is 7.11 Å². The molecular formula is C13H14F2N4O2S2. The molecule has 0 saturated heterocycles. The second-order valence-electron chi connectivity index (χ2n) is 4.25. The molecule has 1 amide bonds. The van der Waals surface area contributed by atoms with Crippen LogP contribution in [0.1, 0.15) is 0 Å². The summed E-state index contributed by atoms with van der Waals surface area (Å²) < 4.78 is 31.7. The molecule has 1 heterocycles. The van der Waals surface area contributed by atoms with Crippen LogP contribution in [0.5, 0.6) is 0 Å². The Morgan fingerprint density at radius 1 is 1.39 bits per heavy atom. The number of carbonyl (C=O) groups excluding carboxylic acids is 1. The number of rotatable bonds is 8. The van der Waals surface area contributed by atoms with Crippen molar-refractivity contribution >= 4 is 39.8 Å². The highest BCUT2D eigenvalue weighted by atomic mass is 32.2. The Morgan fingerprint density at radius 3 is 2.96 bits per heavy atom. The molecule has 0 atom stereocenters. The standard InChI is InChI=1S/C13H14F2N4O2S2/c1-21-5-4-16-12-18-19-13(23-12)22-7-11(20)17-10-3-2-8(14)6-9(10)15/h2-3,6H,4-5,7H2,1H3,(H,16,18)(H,17,20). The summed E-state index contributed by atoms with van der Waals surface area (Å²) in [4.78, 5) is 11.8. The first kappa shape index (κ1) is 17.6. The number of hydrogen-bond acceptors (Lipinski definition) is 7. The first-order chi connectivity index (χ1) is 11.1. The van der Waals surface area contributed by atoms with E-state index in [0.717, 1.165) is 6.07 Å². The van der Waals surface area contributed by atoms with E-state index in [-0.39, 0.29) is 11.4 Å². The Kier molecular flexibility index (Phi) is 6.68. The van der Waals surface area contributed by atoms with E-state index in [1.165, 1.54) is 29.2 Å². The number of hydrogen-bond donors (Lipinski definition) is 2. The zero-order chi connectivity index (χ0) is 16.7. The Bertz CT molecular complexity index is 669. The zero-order valence-electron chi connectivity index (χ0n) is 12.1. The van der Waals surface area contributed by atoms with Crippen molar-refractivity contribution in [3.8, 4) is 0 Å². The average Bonchev–Trinajstić information content (AvgIpc) is 2.96. The molecule has 0 radical (unpaired) electrons. The minimum Gasteiger partial charge on any atom is -0.383 e. The summed E-state index contributed by atoms with van der Waals surface area (Å²) in [6.07, 6.45) is 0. The maximum absolute atomic E-state index is 13.4. The summed E-state index contributed by atoms with van der Waals surface area (Å²) in [7, 11) is 1.60. The fourth-order valence-corrected chi connectivity index (χ4v) is 3.08. The van der Waals surface area contributed by atoms with Crippen molar-refractivity contribution in [3.63, 3.8) is 0 Å². The smallest absolute Gasteiger partial charge is 0.234 e. The van der Waals surface area contributed by atoms with Crippen molar-refractivity contribution in [2.24, 2.45) is 0 Å². The van der Waals surface area contributed by atoms with Gasteiger partial charge in [0.2, 0.25) is 11.0 Å². The van der Waals surface area contributed by atoms with E-state index in [4.69, 9.17) is 4.74 Å². The molecule has 1 aromatic carbocycles. The number of halogens is 2. The summed E-state index contributed by atoms with van der Waals surface area (Å²) in [6.45, 7) is 1.16. The highest BCUT2D eigenvalue weighted by Crippen LogP contribution is 2.25. The molecule has 0 aliphatic heterocycles. The Morgan fingerprint density at radius 2 is 2.22 bits per heavy atom.